The van der Waals surface area contributed by atoms with Crippen LogP contribution in [0.1, 0.15) is 76.7 Å². The maximum atomic E-state index is 14.1. The number of nitrogens with zero attached hydrogens (tertiary/aromatic N) is 15. The standard InChI is InChI=1S/C30H35F2N7O2.C29H33F2N7O2.C28H29F2N7O2/c1-19(2)38-16-22(15-33-38)28-20(3)29(39(36-28)23-8-6-5-7-9-23)35-30(40)34-27-18-37(12-13-41-4)17-24(27)21-10-11-25(31)26(32)14-21;1-18-27(22-15-32-36(3)19(22)2)35-38(21-8-6-5-7-9-21)28(18)34-29(39)33-26-17-37(12-13-40-4)16-23(26)20-10-11-24(30)25(31)14-20;1-18-26(20-13-31-17-32-14-20)35-37(21-6-4-3-5-7-21)27(18)34-28(38)33-25-16-36(10-11-39-2)15-22(25)19-8-9-23(29)24(30)12-19/h5-11,14-16,19,24,27H,12-13,17-18H2,1-4H3,(H2,34,35,40);5-11,14-15,23,26H,12-13,16-17H2,1-4H3,(H2,33,34,39);3-9,12-14,17,22,25H,10-11,15-16H2,1-2H3,(H2,33,34,38)/t24-,27+;23-,26+;22-,25+/m000/s1. The molecule has 3 saturated heterocycles. The molecular formula is C87H97F6N21O6. The Balaban J connectivity index is 0.000000156. The lowest BCUT2D eigenvalue weighted by Gasteiger charge is -2.21. The Kier molecular flexibility index (Phi) is 27.8. The molecule has 628 valence electrons. The van der Waals surface area contributed by atoms with Crippen LogP contribution < -0.4 is 31.9 Å². The van der Waals surface area contributed by atoms with Gasteiger partial charge in [-0.3, -0.25) is 40.0 Å². The number of aryl methyl sites for hydroxylation is 1. The number of urea groups is 3. The average Bonchev–Trinajstić information content (AvgIpc) is 1.62. The third-order valence-corrected chi connectivity index (χ3v) is 21.9. The average molecular weight is 1650 g/mol. The second kappa shape index (κ2) is 39.0. The lowest BCUT2D eigenvalue weighted by atomic mass is 9.94. The molecule has 15 rings (SSSR count). The van der Waals surface area contributed by atoms with Crippen LogP contribution in [-0.2, 0) is 21.3 Å². The molecule has 6 aromatic heterocycles. The Bertz CT molecular complexity index is 5500. The summed E-state index contributed by atoms with van der Waals surface area (Å²) in [6.07, 6.45) is 10.3. The predicted molar refractivity (Wildman–Crippen MR) is 445 cm³/mol. The summed E-state index contributed by atoms with van der Waals surface area (Å²) in [5.74, 6) is -4.57. The zero-order chi connectivity index (χ0) is 84.8. The van der Waals surface area contributed by atoms with Gasteiger partial charge in [-0.1, -0.05) is 72.8 Å². The van der Waals surface area contributed by atoms with Crippen molar-refractivity contribution in [1.29, 1.82) is 0 Å². The molecule has 0 radical (unpaired) electrons. The number of nitrogens with one attached hydrogen (secondary N) is 6. The zero-order valence-corrected chi connectivity index (χ0v) is 68.3. The molecule has 0 bridgehead atoms. The minimum absolute atomic E-state index is 0.195. The van der Waals surface area contributed by atoms with E-state index >= 15 is 0 Å². The van der Waals surface area contributed by atoms with E-state index in [4.69, 9.17) is 29.5 Å². The molecule has 9 heterocycles. The fourth-order valence-electron chi connectivity index (χ4n) is 15.4. The molecule has 0 saturated carbocycles. The SMILES string of the molecule is COCCN1C[C@@H](NC(=O)Nc2c(C)c(-c3cncnc3)nn2-c2ccccc2)[C@H](c2ccc(F)c(F)c2)C1.COCCN1C[C@@H](NC(=O)Nc2c(C)c(-c3cnn(C(C)C)c3)nn2-c2ccccc2)[C@H](c2ccc(F)c(F)c2)C1.COCCN1C[C@@H](NC(=O)Nc2c(C)c(-c3cnn(C)c3C)nn2-c2ccccc2)[C@H](c2ccc(F)c(F)c2)C1. The molecule has 0 spiro atoms. The lowest BCUT2D eigenvalue weighted by Crippen LogP contribution is -2.42. The van der Waals surface area contributed by atoms with Gasteiger partial charge in [0.05, 0.1) is 67.4 Å². The molecule has 27 nitrogen and oxygen atoms in total. The lowest BCUT2D eigenvalue weighted by molar-refractivity contribution is 0.159. The van der Waals surface area contributed by atoms with Crippen LogP contribution in [0.15, 0.2) is 183 Å². The second-order valence-corrected chi connectivity index (χ2v) is 30.1. The predicted octanol–water partition coefficient (Wildman–Crippen LogP) is 13.7. The Morgan fingerprint density at radius 2 is 0.783 bits per heavy atom. The molecule has 12 aromatic rings. The van der Waals surface area contributed by atoms with E-state index in [1.54, 1.807) is 83.0 Å². The summed E-state index contributed by atoms with van der Waals surface area (Å²) >= 11 is 0. The van der Waals surface area contributed by atoms with Crippen LogP contribution in [0.2, 0.25) is 0 Å². The van der Waals surface area contributed by atoms with Gasteiger partial charge in [-0.15, -0.1) is 0 Å². The number of amides is 6. The molecule has 120 heavy (non-hydrogen) atoms. The highest BCUT2D eigenvalue weighted by Crippen LogP contribution is 2.38. The first-order valence-corrected chi connectivity index (χ1v) is 39.4. The minimum atomic E-state index is -0.911. The minimum Gasteiger partial charge on any atom is -0.383 e. The van der Waals surface area contributed by atoms with E-state index in [-0.39, 0.29) is 41.9 Å². The largest absolute Gasteiger partial charge is 0.383 e. The third kappa shape index (κ3) is 20.0. The second-order valence-electron chi connectivity index (χ2n) is 30.1. The van der Waals surface area contributed by atoms with E-state index in [0.717, 1.165) is 80.0 Å². The van der Waals surface area contributed by atoms with Crippen LogP contribution in [0.4, 0.5) is 58.2 Å². The van der Waals surface area contributed by atoms with Crippen LogP contribution in [-0.4, -0.2) is 210 Å². The number of ether oxygens (including phenoxy) is 3. The van der Waals surface area contributed by atoms with E-state index in [9.17, 15) is 40.7 Å². The molecule has 33 heteroatoms. The highest BCUT2D eigenvalue weighted by atomic mass is 19.2. The van der Waals surface area contributed by atoms with Crippen molar-refractivity contribution >= 4 is 35.5 Å². The Morgan fingerprint density at radius 1 is 0.433 bits per heavy atom. The Morgan fingerprint density at radius 3 is 1.11 bits per heavy atom. The zero-order valence-electron chi connectivity index (χ0n) is 68.3. The molecule has 3 fully saturated rings. The topological polar surface area (TPSA) is 276 Å². The fourth-order valence-corrected chi connectivity index (χ4v) is 15.4. The summed E-state index contributed by atoms with van der Waals surface area (Å²) in [6, 6.07) is 38.2. The van der Waals surface area contributed by atoms with Crippen LogP contribution >= 0.6 is 0 Å². The third-order valence-electron chi connectivity index (χ3n) is 21.9. The van der Waals surface area contributed by atoms with Crippen LogP contribution in [0.25, 0.3) is 50.8 Å². The van der Waals surface area contributed by atoms with Gasteiger partial charge in [-0.05, 0) is 131 Å². The smallest absolute Gasteiger partial charge is 0.320 e. The number of halogens is 6. The van der Waals surface area contributed by atoms with Gasteiger partial charge in [0, 0.05) is 169 Å². The van der Waals surface area contributed by atoms with Gasteiger partial charge < -0.3 is 30.2 Å². The number of hydrogen-bond donors (Lipinski definition) is 6. The molecule has 0 aliphatic carbocycles. The van der Waals surface area contributed by atoms with Gasteiger partial charge in [-0.25, -0.2) is 64.7 Å². The number of benzene rings is 6. The maximum absolute atomic E-state index is 14.1. The number of carbonyl (C=O) groups is 3. The number of rotatable bonds is 25. The van der Waals surface area contributed by atoms with E-state index in [0.29, 0.717) is 124 Å². The summed E-state index contributed by atoms with van der Waals surface area (Å²) in [5, 5.41) is 41.5. The molecule has 0 unspecified atom stereocenters. The summed E-state index contributed by atoms with van der Waals surface area (Å²) < 4.78 is 108. The van der Waals surface area contributed by atoms with Gasteiger partial charge in [0.1, 0.15) is 40.9 Å². The molecule has 3 aliphatic rings. The van der Waals surface area contributed by atoms with Crippen molar-refractivity contribution in [3.63, 3.8) is 0 Å². The first-order chi connectivity index (χ1) is 57.9. The summed E-state index contributed by atoms with van der Waals surface area (Å²) in [5.41, 5.74) is 12.0. The molecule has 6 atom stereocenters. The van der Waals surface area contributed by atoms with Crippen molar-refractivity contribution in [1.82, 2.24) is 89.5 Å². The first-order valence-electron chi connectivity index (χ1n) is 39.4. The van der Waals surface area contributed by atoms with E-state index in [1.807, 2.05) is 137 Å². The Hall–Kier alpha value is -12.4. The summed E-state index contributed by atoms with van der Waals surface area (Å²) in [7, 11) is 6.76. The molecule has 6 amide bonds. The highest BCUT2D eigenvalue weighted by molar-refractivity contribution is 5.93. The number of aromatic nitrogens is 12. The highest BCUT2D eigenvalue weighted by Gasteiger charge is 2.39. The van der Waals surface area contributed by atoms with Crippen molar-refractivity contribution in [3.05, 3.63) is 257 Å². The molecular weight excluding hydrogens is 1550 g/mol. The number of para-hydroxylation sites is 3. The summed E-state index contributed by atoms with van der Waals surface area (Å²) in [4.78, 5) is 55.0. The quantitative estimate of drug-likeness (QED) is 0.0290. The molecule has 3 aliphatic heterocycles. The number of likely N-dealkylation sites (tertiary alicyclic amines) is 3. The maximum Gasteiger partial charge on any atom is 0.320 e. The van der Waals surface area contributed by atoms with Crippen LogP contribution in [0, 0.1) is 62.6 Å². The van der Waals surface area contributed by atoms with Crippen LogP contribution in [0.5, 0.6) is 0 Å². The fraction of sp³-hybridized carbons (Fsp3) is 0.333. The number of hydrogen-bond acceptors (Lipinski definition) is 16. The van der Waals surface area contributed by atoms with E-state index in [2.05, 4.69) is 80.6 Å². The van der Waals surface area contributed by atoms with E-state index < -0.39 is 53.0 Å². The summed E-state index contributed by atoms with van der Waals surface area (Å²) in [6.45, 7) is 18.6. The number of carbonyl (C=O) groups excluding carboxylic acids is 3. The normalized spacial score (nSPS) is 17.3. The van der Waals surface area contributed by atoms with Crippen LogP contribution in [0.3, 0.4) is 0 Å². The Labute approximate surface area is 691 Å². The van der Waals surface area contributed by atoms with Crippen molar-refractivity contribution < 1.29 is 54.9 Å². The van der Waals surface area contributed by atoms with Gasteiger partial charge in [-0.2, -0.15) is 25.5 Å². The van der Waals surface area contributed by atoms with Crippen molar-refractivity contribution in [2.75, 3.05) is 116 Å². The van der Waals surface area contributed by atoms with Gasteiger partial charge in [0.2, 0.25) is 0 Å². The van der Waals surface area contributed by atoms with Crippen molar-refractivity contribution in [2.24, 2.45) is 7.05 Å². The molecule has 6 N–H and O–H groups in total. The molecule has 6 aromatic carbocycles. The van der Waals surface area contributed by atoms with Gasteiger partial charge in [0.15, 0.2) is 34.9 Å². The monoisotopic (exact) mass is 1650 g/mol. The van der Waals surface area contributed by atoms with Gasteiger partial charge >= 0.3 is 18.1 Å². The first kappa shape index (κ1) is 85.5. The van der Waals surface area contributed by atoms with Gasteiger partial charge in [0.25, 0.3) is 0 Å². The van der Waals surface area contributed by atoms with E-state index in [1.165, 1.54) is 24.5 Å². The number of methoxy groups -OCH3 is 3. The van der Waals surface area contributed by atoms with Crippen molar-refractivity contribution in [3.8, 4) is 50.8 Å². The van der Waals surface area contributed by atoms with Crippen molar-refractivity contribution in [2.45, 2.75) is 83.5 Å². The number of anilines is 3.